The zero-order valence-corrected chi connectivity index (χ0v) is 13.0. The molecule has 0 aliphatic rings. The summed E-state index contributed by atoms with van der Waals surface area (Å²) in [5.41, 5.74) is -0.278. The number of amides is 1. The third-order valence-electron chi connectivity index (χ3n) is 3.36. The van der Waals surface area contributed by atoms with Crippen molar-refractivity contribution in [1.82, 2.24) is 25.1 Å². The number of halogens is 2. The van der Waals surface area contributed by atoms with Gasteiger partial charge in [-0.05, 0) is 19.1 Å². The molecule has 1 atom stereocenters. The Balaban J connectivity index is 2.36. The molecule has 3 N–H and O–H groups in total. The van der Waals surface area contributed by atoms with E-state index >= 15 is 0 Å². The molecule has 0 radical (unpaired) electrons. The van der Waals surface area contributed by atoms with Gasteiger partial charge in [0.2, 0.25) is 5.95 Å². The van der Waals surface area contributed by atoms with Gasteiger partial charge < -0.3 is 10.4 Å². The first-order chi connectivity index (χ1) is 11.4. The quantitative estimate of drug-likeness (QED) is 0.669. The van der Waals surface area contributed by atoms with Crippen LogP contribution in [-0.2, 0) is 0 Å². The summed E-state index contributed by atoms with van der Waals surface area (Å²) in [6.45, 7) is 1.51. The zero-order valence-electron chi connectivity index (χ0n) is 12.2. The number of rotatable bonds is 3. The van der Waals surface area contributed by atoms with Gasteiger partial charge in [0.05, 0.1) is 22.0 Å². The molecule has 2 aromatic heterocycles. The van der Waals surface area contributed by atoms with Crippen molar-refractivity contribution in [2.24, 2.45) is 0 Å². The maximum atomic E-state index is 13.3. The van der Waals surface area contributed by atoms with Crippen LogP contribution in [0.4, 0.5) is 9.18 Å². The first-order valence-electron chi connectivity index (χ1n) is 6.80. The predicted molar refractivity (Wildman–Crippen MR) is 84.0 cm³/mol. The van der Waals surface area contributed by atoms with E-state index in [0.29, 0.717) is 5.52 Å². The minimum Gasteiger partial charge on any atom is -0.465 e. The molecule has 10 heteroatoms. The summed E-state index contributed by atoms with van der Waals surface area (Å²) in [5.74, 6) is -0.745. The van der Waals surface area contributed by atoms with E-state index < -0.39 is 23.6 Å². The van der Waals surface area contributed by atoms with Crippen molar-refractivity contribution < 1.29 is 14.3 Å². The lowest BCUT2D eigenvalue weighted by molar-refractivity contribution is 0.190. The summed E-state index contributed by atoms with van der Waals surface area (Å²) in [7, 11) is 0. The molecule has 8 nitrogen and oxygen atoms in total. The van der Waals surface area contributed by atoms with Gasteiger partial charge >= 0.3 is 6.09 Å². The second-order valence-electron chi connectivity index (χ2n) is 4.99. The molecule has 0 saturated carbocycles. The molecule has 0 saturated heterocycles. The Hall–Kier alpha value is -2.94. The highest BCUT2D eigenvalue weighted by atomic mass is 35.5. The molecule has 3 rings (SSSR count). The van der Waals surface area contributed by atoms with Crippen molar-refractivity contribution in [2.75, 3.05) is 0 Å². The standard InChI is InChI=1S/C14H11ClFN5O3/c1-6(17-14(23)24)12-18-8-4-2-3-7(15)11(8)13(22)21(12)10-5-9(16)19-20-10/h2-6,17H,1H3,(H,19,20)(H,23,24). The fourth-order valence-corrected chi connectivity index (χ4v) is 2.62. The number of nitrogens with zero attached hydrogens (tertiary/aromatic N) is 3. The molecule has 0 spiro atoms. The summed E-state index contributed by atoms with van der Waals surface area (Å²) in [6, 6.07) is 4.88. The summed E-state index contributed by atoms with van der Waals surface area (Å²) >= 11 is 6.08. The maximum Gasteiger partial charge on any atom is 0.405 e. The highest BCUT2D eigenvalue weighted by molar-refractivity contribution is 6.35. The molecule has 1 unspecified atom stereocenters. The van der Waals surface area contributed by atoms with E-state index in [0.717, 1.165) is 10.6 Å². The number of fused-ring (bicyclic) bond motifs is 1. The number of H-pyrrole nitrogens is 1. The number of aromatic amines is 1. The van der Waals surface area contributed by atoms with Gasteiger partial charge in [-0.15, -0.1) is 0 Å². The fourth-order valence-electron chi connectivity index (χ4n) is 2.37. The molecule has 124 valence electrons. The SMILES string of the molecule is CC(NC(=O)O)c1nc2cccc(Cl)c2c(=O)n1-c1cc(F)[nH]n1. The van der Waals surface area contributed by atoms with Crippen LogP contribution in [0.15, 0.2) is 29.1 Å². The predicted octanol–water partition coefficient (Wildman–Crippen LogP) is 2.23. The number of aromatic nitrogens is 4. The van der Waals surface area contributed by atoms with Gasteiger partial charge in [0.15, 0.2) is 5.82 Å². The van der Waals surface area contributed by atoms with E-state index in [1.807, 2.05) is 0 Å². The lowest BCUT2D eigenvalue weighted by atomic mass is 10.2. The number of nitrogens with one attached hydrogen (secondary N) is 2. The van der Waals surface area contributed by atoms with Crippen molar-refractivity contribution in [3.8, 4) is 5.82 Å². The van der Waals surface area contributed by atoms with Crippen LogP contribution < -0.4 is 10.9 Å². The summed E-state index contributed by atoms with van der Waals surface area (Å²) in [4.78, 5) is 28.1. The molecule has 0 fully saturated rings. The van der Waals surface area contributed by atoms with Crippen molar-refractivity contribution in [1.29, 1.82) is 0 Å². The fraction of sp³-hybridized carbons (Fsp3) is 0.143. The minimum atomic E-state index is -1.29. The molecule has 0 aliphatic carbocycles. The Morgan fingerprint density at radius 2 is 2.25 bits per heavy atom. The first kappa shape index (κ1) is 15.9. The first-order valence-corrected chi connectivity index (χ1v) is 7.18. The van der Waals surface area contributed by atoms with Gasteiger partial charge in [0, 0.05) is 6.07 Å². The largest absolute Gasteiger partial charge is 0.465 e. The zero-order chi connectivity index (χ0) is 17.4. The Morgan fingerprint density at radius 1 is 1.50 bits per heavy atom. The van der Waals surface area contributed by atoms with Crippen molar-refractivity contribution in [3.05, 3.63) is 51.4 Å². The Kier molecular flexibility index (Phi) is 3.94. The molecular weight excluding hydrogens is 341 g/mol. The monoisotopic (exact) mass is 351 g/mol. The summed E-state index contributed by atoms with van der Waals surface area (Å²) in [6.07, 6.45) is -1.29. The summed E-state index contributed by atoms with van der Waals surface area (Å²) in [5, 5.41) is 17.2. The molecule has 2 heterocycles. The highest BCUT2D eigenvalue weighted by Crippen LogP contribution is 2.22. The van der Waals surface area contributed by atoms with Crippen LogP contribution >= 0.6 is 11.6 Å². The van der Waals surface area contributed by atoms with E-state index in [9.17, 15) is 14.0 Å². The topological polar surface area (TPSA) is 113 Å². The van der Waals surface area contributed by atoms with E-state index in [1.165, 1.54) is 13.0 Å². The number of carbonyl (C=O) groups is 1. The van der Waals surface area contributed by atoms with Crippen molar-refractivity contribution in [2.45, 2.75) is 13.0 Å². The molecule has 1 amide bonds. The Bertz CT molecular complexity index is 1000. The van der Waals surface area contributed by atoms with Crippen LogP contribution in [0.2, 0.25) is 5.02 Å². The average molecular weight is 352 g/mol. The van der Waals surface area contributed by atoms with Gasteiger partial charge in [0.25, 0.3) is 5.56 Å². The van der Waals surface area contributed by atoms with Crippen molar-refractivity contribution >= 4 is 28.6 Å². The van der Waals surface area contributed by atoms with Crippen LogP contribution in [0.1, 0.15) is 18.8 Å². The average Bonchev–Trinajstić information content (AvgIpc) is 2.92. The van der Waals surface area contributed by atoms with E-state index in [1.54, 1.807) is 12.1 Å². The number of carboxylic acid groups (broad SMARTS) is 1. The molecule has 1 aromatic carbocycles. The Morgan fingerprint density at radius 3 is 2.88 bits per heavy atom. The van der Waals surface area contributed by atoms with Crippen LogP contribution in [0.5, 0.6) is 0 Å². The Labute approximate surface area is 138 Å². The second-order valence-corrected chi connectivity index (χ2v) is 5.40. The van der Waals surface area contributed by atoms with Gasteiger partial charge in [0.1, 0.15) is 5.82 Å². The lowest BCUT2D eigenvalue weighted by Gasteiger charge is -2.17. The minimum absolute atomic E-state index is 0.0548. The second kappa shape index (κ2) is 5.93. The van der Waals surface area contributed by atoms with Crippen LogP contribution in [-0.4, -0.2) is 30.9 Å². The maximum absolute atomic E-state index is 13.3. The van der Waals surface area contributed by atoms with Crippen molar-refractivity contribution in [3.63, 3.8) is 0 Å². The lowest BCUT2D eigenvalue weighted by Crippen LogP contribution is -2.32. The van der Waals surface area contributed by atoms with E-state index in [2.05, 4.69) is 20.5 Å². The smallest absolute Gasteiger partial charge is 0.405 e. The van der Waals surface area contributed by atoms with Gasteiger partial charge in [-0.25, -0.2) is 14.3 Å². The van der Waals surface area contributed by atoms with Gasteiger partial charge in [-0.3, -0.25) is 9.89 Å². The molecule has 3 aromatic rings. The van der Waals surface area contributed by atoms with Gasteiger partial charge in [-0.2, -0.15) is 9.49 Å². The molecule has 24 heavy (non-hydrogen) atoms. The third-order valence-corrected chi connectivity index (χ3v) is 3.68. The third kappa shape index (κ3) is 2.69. The normalized spacial score (nSPS) is 12.3. The number of benzene rings is 1. The van der Waals surface area contributed by atoms with E-state index in [4.69, 9.17) is 16.7 Å². The summed E-state index contributed by atoms with van der Waals surface area (Å²) < 4.78 is 14.3. The number of hydrogen-bond donors (Lipinski definition) is 3. The molecular formula is C14H11ClFN5O3. The van der Waals surface area contributed by atoms with E-state index in [-0.39, 0.29) is 22.1 Å². The van der Waals surface area contributed by atoms with Crippen LogP contribution in [0.3, 0.4) is 0 Å². The molecule has 0 bridgehead atoms. The highest BCUT2D eigenvalue weighted by Gasteiger charge is 2.21. The van der Waals surface area contributed by atoms with Crippen LogP contribution in [0.25, 0.3) is 16.7 Å². The van der Waals surface area contributed by atoms with Crippen LogP contribution in [0, 0.1) is 5.95 Å². The number of hydrogen-bond acceptors (Lipinski definition) is 4. The molecule has 0 aliphatic heterocycles. The van der Waals surface area contributed by atoms with Gasteiger partial charge in [-0.1, -0.05) is 17.7 Å².